The molecule has 1 saturated heterocycles. The highest BCUT2D eigenvalue weighted by Gasteiger charge is 2.47. The van der Waals surface area contributed by atoms with Gasteiger partial charge in [-0.1, -0.05) is 0 Å². The lowest BCUT2D eigenvalue weighted by Gasteiger charge is -2.33. The van der Waals surface area contributed by atoms with Crippen LogP contribution in [0.4, 0.5) is 4.79 Å². The first-order valence-electron chi connectivity index (χ1n) is 5.99. The highest BCUT2D eigenvalue weighted by atomic mass is 32.2. The van der Waals surface area contributed by atoms with Crippen LogP contribution in [0.15, 0.2) is 10.6 Å². The van der Waals surface area contributed by atoms with Crippen molar-refractivity contribution in [2.75, 3.05) is 6.54 Å². The lowest BCUT2D eigenvalue weighted by molar-refractivity contribution is -0.145. The predicted octanol–water partition coefficient (Wildman–Crippen LogP) is 0.426. The molecule has 1 atom stereocenters. The molecule has 0 saturated carbocycles. The van der Waals surface area contributed by atoms with Crippen LogP contribution in [0.3, 0.4) is 0 Å². The molecule has 4 N–H and O–H groups in total. The molecule has 2 heterocycles. The molecule has 0 aromatic carbocycles. The minimum atomic E-state index is -1.05. The Bertz CT molecular complexity index is 463. The van der Waals surface area contributed by atoms with E-state index in [2.05, 4.69) is 5.32 Å². The number of nitrogens with two attached hydrogens (primary N) is 1. The number of fused-ring (bicyclic) bond motifs is 1. The summed E-state index contributed by atoms with van der Waals surface area (Å²) in [4.78, 5) is 35.1. The number of amides is 3. The summed E-state index contributed by atoms with van der Waals surface area (Å²) < 4.78 is 0. The lowest BCUT2D eigenvalue weighted by Crippen LogP contribution is -2.48. The maximum Gasteiger partial charge on any atom is 0.353 e. The summed E-state index contributed by atoms with van der Waals surface area (Å²) in [6.07, 6.45) is 2.48. The van der Waals surface area contributed by atoms with E-state index in [1.165, 1.54) is 16.7 Å². The van der Waals surface area contributed by atoms with Crippen LogP contribution in [0.1, 0.15) is 25.7 Å². The molecule has 2 rings (SSSR count). The monoisotopic (exact) mass is 285 g/mol. The van der Waals surface area contributed by atoms with Crippen molar-refractivity contribution in [3.05, 3.63) is 10.6 Å². The molecule has 0 radical (unpaired) electrons. The Kier molecular flexibility index (Phi) is 3.98. The largest absolute Gasteiger partial charge is 0.477 e. The molecule has 19 heavy (non-hydrogen) atoms. The summed E-state index contributed by atoms with van der Waals surface area (Å²) in [6.45, 7) is 0.474. The average Bonchev–Trinajstić information content (AvgIpc) is 2.61. The summed E-state index contributed by atoms with van der Waals surface area (Å²) in [5.74, 6) is -1.17. The smallest absolute Gasteiger partial charge is 0.353 e. The van der Waals surface area contributed by atoms with Crippen molar-refractivity contribution in [3.8, 4) is 0 Å². The van der Waals surface area contributed by atoms with E-state index in [1.807, 2.05) is 0 Å². The summed E-state index contributed by atoms with van der Waals surface area (Å²) in [6, 6.07) is -0.560. The number of allylic oxidation sites excluding steroid dienone is 1. The molecule has 2 aliphatic heterocycles. The van der Waals surface area contributed by atoms with Crippen LogP contribution in [0.5, 0.6) is 0 Å². The third kappa shape index (κ3) is 2.83. The van der Waals surface area contributed by atoms with E-state index < -0.39 is 12.0 Å². The Hall–Kier alpha value is -1.70. The van der Waals surface area contributed by atoms with Gasteiger partial charge in [-0.15, -0.1) is 11.8 Å². The Morgan fingerprint density at radius 2 is 2.21 bits per heavy atom. The van der Waals surface area contributed by atoms with Crippen LogP contribution >= 0.6 is 11.8 Å². The molecule has 2 aliphatic rings. The summed E-state index contributed by atoms with van der Waals surface area (Å²) in [5.41, 5.74) is 5.07. The molecule has 3 amide bonds. The van der Waals surface area contributed by atoms with Gasteiger partial charge in [0.25, 0.3) is 0 Å². The van der Waals surface area contributed by atoms with Gasteiger partial charge < -0.3 is 16.2 Å². The highest BCUT2D eigenvalue weighted by Crippen LogP contribution is 2.47. The Morgan fingerprint density at radius 3 is 2.79 bits per heavy atom. The number of hydrogen-bond acceptors (Lipinski definition) is 4. The number of nitrogens with one attached hydrogen (secondary N) is 1. The van der Waals surface area contributed by atoms with Crippen LogP contribution in [0.2, 0.25) is 0 Å². The van der Waals surface area contributed by atoms with Gasteiger partial charge in [0.05, 0.1) is 11.8 Å². The van der Waals surface area contributed by atoms with E-state index in [9.17, 15) is 14.4 Å². The fraction of sp³-hybridized carbons (Fsp3) is 0.545. The molecule has 0 unspecified atom stereocenters. The second kappa shape index (κ2) is 5.52. The number of rotatable bonds is 6. The molecule has 0 aliphatic carbocycles. The Balaban J connectivity index is 1.87. The molecular formula is C11H15N3O4S. The predicted molar refractivity (Wildman–Crippen MR) is 68.9 cm³/mol. The summed E-state index contributed by atoms with van der Waals surface area (Å²) in [5, 5.41) is 11.6. The maximum absolute atomic E-state index is 11.4. The van der Waals surface area contributed by atoms with Crippen molar-refractivity contribution in [1.82, 2.24) is 10.2 Å². The van der Waals surface area contributed by atoms with Crippen molar-refractivity contribution < 1.29 is 19.5 Å². The van der Waals surface area contributed by atoms with Crippen molar-refractivity contribution in [2.24, 2.45) is 5.73 Å². The van der Waals surface area contributed by atoms with Gasteiger partial charge in [0.1, 0.15) is 5.70 Å². The van der Waals surface area contributed by atoms with E-state index in [0.717, 1.165) is 17.7 Å². The number of hydrogen-bond donors (Lipinski definition) is 3. The summed E-state index contributed by atoms with van der Waals surface area (Å²) in [7, 11) is 0. The number of β-lactam (4-membered cyclic amide) rings is 1. The Morgan fingerprint density at radius 1 is 1.47 bits per heavy atom. The third-order valence-corrected chi connectivity index (χ3v) is 4.35. The summed E-state index contributed by atoms with van der Waals surface area (Å²) >= 11 is 1.46. The number of carbonyl (C=O) groups excluding carboxylic acids is 2. The van der Waals surface area contributed by atoms with Crippen LogP contribution < -0.4 is 11.1 Å². The number of nitrogens with zero attached hydrogens (tertiary/aromatic N) is 1. The molecule has 0 bridgehead atoms. The van der Waals surface area contributed by atoms with E-state index >= 15 is 0 Å². The fourth-order valence-electron chi connectivity index (χ4n) is 2.13. The van der Waals surface area contributed by atoms with E-state index in [1.54, 1.807) is 0 Å². The van der Waals surface area contributed by atoms with Crippen molar-refractivity contribution in [3.63, 3.8) is 0 Å². The van der Waals surface area contributed by atoms with E-state index in [4.69, 9.17) is 10.8 Å². The van der Waals surface area contributed by atoms with Crippen molar-refractivity contribution in [1.29, 1.82) is 0 Å². The van der Waals surface area contributed by atoms with Gasteiger partial charge in [0.2, 0.25) is 5.91 Å². The number of carbonyl (C=O) groups is 3. The molecule has 8 heteroatoms. The zero-order chi connectivity index (χ0) is 14.0. The minimum absolute atomic E-state index is 0.0302. The van der Waals surface area contributed by atoms with Gasteiger partial charge in [-0.3, -0.25) is 9.69 Å². The van der Waals surface area contributed by atoms with Gasteiger partial charge in [0.15, 0.2) is 0 Å². The van der Waals surface area contributed by atoms with Crippen LogP contribution in [-0.4, -0.2) is 39.8 Å². The first kappa shape index (κ1) is 13.7. The zero-order valence-electron chi connectivity index (χ0n) is 10.2. The molecule has 104 valence electrons. The Labute approximate surface area is 114 Å². The van der Waals surface area contributed by atoms with Gasteiger partial charge in [0, 0.05) is 11.4 Å². The van der Waals surface area contributed by atoms with Gasteiger partial charge in [-0.05, 0) is 19.3 Å². The number of primary amides is 1. The number of carboxylic acids is 1. The quantitative estimate of drug-likeness (QED) is 0.484. The van der Waals surface area contributed by atoms with Crippen molar-refractivity contribution >= 4 is 29.7 Å². The fourth-order valence-corrected chi connectivity index (χ4v) is 3.57. The van der Waals surface area contributed by atoms with Crippen LogP contribution in [0.25, 0.3) is 0 Å². The average molecular weight is 285 g/mol. The topological polar surface area (TPSA) is 113 Å². The molecule has 0 aromatic heterocycles. The highest BCUT2D eigenvalue weighted by molar-refractivity contribution is 8.04. The second-order valence-corrected chi connectivity index (χ2v) is 5.64. The number of urea groups is 1. The van der Waals surface area contributed by atoms with Gasteiger partial charge >= 0.3 is 12.0 Å². The molecular weight excluding hydrogens is 270 g/mol. The normalized spacial score (nSPS) is 21.2. The van der Waals surface area contributed by atoms with Crippen LogP contribution in [0, 0.1) is 0 Å². The first-order chi connectivity index (χ1) is 9.00. The number of unbranched alkanes of at least 4 members (excludes halogenated alkanes) is 1. The zero-order valence-corrected chi connectivity index (χ0v) is 11.0. The second-order valence-electron chi connectivity index (χ2n) is 4.37. The lowest BCUT2D eigenvalue weighted by atomic mass is 10.1. The number of carboxylic acid groups (broad SMARTS) is 1. The molecule has 0 aromatic rings. The standard InChI is InChI=1S/C11H15N3O4S/c12-11(18)13-4-2-1-3-6-9(10(16)17)14-7(15)5-8(14)19-6/h8H,1-5H2,(H,16,17)(H3,12,13,18)/t8-/m1/s1. The minimum Gasteiger partial charge on any atom is -0.477 e. The SMILES string of the molecule is NC(=O)NCCCCC1=C(C(=O)O)N2C(=O)C[C@H]2S1. The number of thioether (sulfide) groups is 1. The first-order valence-corrected chi connectivity index (χ1v) is 6.87. The molecule has 7 nitrogen and oxygen atoms in total. The number of aliphatic carboxylic acids is 1. The van der Waals surface area contributed by atoms with Crippen LogP contribution in [-0.2, 0) is 9.59 Å². The van der Waals surface area contributed by atoms with Gasteiger partial charge in [-0.2, -0.15) is 0 Å². The maximum atomic E-state index is 11.4. The van der Waals surface area contributed by atoms with E-state index in [0.29, 0.717) is 19.4 Å². The molecule has 1 fully saturated rings. The van der Waals surface area contributed by atoms with E-state index in [-0.39, 0.29) is 17.0 Å². The molecule has 0 spiro atoms. The van der Waals surface area contributed by atoms with Crippen molar-refractivity contribution in [2.45, 2.75) is 31.1 Å². The van der Waals surface area contributed by atoms with Gasteiger partial charge in [-0.25, -0.2) is 9.59 Å². The third-order valence-electron chi connectivity index (χ3n) is 3.02.